The Balaban J connectivity index is 1.75. The molecule has 0 spiro atoms. The third-order valence-electron chi connectivity index (χ3n) is 3.11. The van der Waals surface area contributed by atoms with E-state index in [0.29, 0.717) is 11.7 Å². The van der Waals surface area contributed by atoms with Crippen LogP contribution in [0.15, 0.2) is 22.0 Å². The van der Waals surface area contributed by atoms with Crippen LogP contribution in [0.1, 0.15) is 5.89 Å². The van der Waals surface area contributed by atoms with Crippen LogP contribution in [0.25, 0.3) is 10.7 Å². The van der Waals surface area contributed by atoms with Gasteiger partial charge in [0.15, 0.2) is 0 Å². The fourth-order valence-electron chi connectivity index (χ4n) is 2.10. The maximum Gasteiger partial charge on any atom is 0.322 e. The molecule has 9 heteroatoms. The van der Waals surface area contributed by atoms with E-state index < -0.39 is 12.0 Å². The van der Waals surface area contributed by atoms with Crippen LogP contribution in [0.3, 0.4) is 0 Å². The Morgan fingerprint density at radius 2 is 2.48 bits per heavy atom. The predicted molar refractivity (Wildman–Crippen MR) is 72.5 cm³/mol. The van der Waals surface area contributed by atoms with Crippen molar-refractivity contribution in [3.8, 4) is 10.7 Å². The lowest BCUT2D eigenvalue weighted by Gasteiger charge is -2.31. The molecule has 2 N–H and O–H groups in total. The van der Waals surface area contributed by atoms with Gasteiger partial charge in [-0.25, -0.2) is 0 Å². The summed E-state index contributed by atoms with van der Waals surface area (Å²) in [4.78, 5) is 29.2. The van der Waals surface area contributed by atoms with Crippen molar-refractivity contribution in [2.75, 3.05) is 13.1 Å². The summed E-state index contributed by atoms with van der Waals surface area (Å²) in [5, 5.41) is 17.5. The summed E-state index contributed by atoms with van der Waals surface area (Å²) >= 11 is 1.48. The van der Waals surface area contributed by atoms with E-state index in [-0.39, 0.29) is 25.5 Å². The molecule has 1 amide bonds. The molecule has 21 heavy (non-hydrogen) atoms. The topological polar surface area (TPSA) is 109 Å². The second-order valence-electron chi connectivity index (χ2n) is 4.55. The van der Waals surface area contributed by atoms with Crippen molar-refractivity contribution in [1.29, 1.82) is 0 Å². The van der Waals surface area contributed by atoms with Crippen molar-refractivity contribution < 1.29 is 19.2 Å². The number of carboxylic acid groups (broad SMARTS) is 1. The number of hydrogen-bond donors (Lipinski definition) is 2. The van der Waals surface area contributed by atoms with Gasteiger partial charge in [-0.1, -0.05) is 11.2 Å². The third-order valence-corrected chi connectivity index (χ3v) is 3.98. The molecule has 110 valence electrons. The number of amides is 1. The Kier molecular flexibility index (Phi) is 3.67. The Morgan fingerprint density at radius 3 is 3.19 bits per heavy atom. The number of nitrogens with zero attached hydrogens (tertiary/aromatic N) is 3. The van der Waals surface area contributed by atoms with Crippen LogP contribution in [-0.4, -0.2) is 51.2 Å². The predicted octanol–water partition coefficient (Wildman–Crippen LogP) is 0.183. The van der Waals surface area contributed by atoms with Crippen LogP contribution in [0.5, 0.6) is 0 Å². The second-order valence-corrected chi connectivity index (χ2v) is 5.50. The molecule has 3 heterocycles. The van der Waals surface area contributed by atoms with Gasteiger partial charge in [0.05, 0.1) is 18.0 Å². The van der Waals surface area contributed by atoms with E-state index >= 15 is 0 Å². The fourth-order valence-corrected chi connectivity index (χ4v) is 2.75. The summed E-state index contributed by atoms with van der Waals surface area (Å²) in [6, 6.07) is 2.96. The molecule has 8 nitrogen and oxygen atoms in total. The molecule has 1 aliphatic rings. The van der Waals surface area contributed by atoms with Crippen molar-refractivity contribution in [3.05, 3.63) is 23.4 Å². The Labute approximate surface area is 123 Å². The van der Waals surface area contributed by atoms with Crippen LogP contribution < -0.4 is 5.32 Å². The summed E-state index contributed by atoms with van der Waals surface area (Å²) in [6.45, 7) is 0.191. The third kappa shape index (κ3) is 2.93. The smallest absolute Gasteiger partial charge is 0.322 e. The highest BCUT2D eigenvalue weighted by Gasteiger charge is 2.33. The first kappa shape index (κ1) is 13.7. The maximum atomic E-state index is 11.4. The molecule has 0 saturated carbocycles. The van der Waals surface area contributed by atoms with Crippen LogP contribution >= 0.6 is 11.3 Å². The van der Waals surface area contributed by atoms with Gasteiger partial charge in [0, 0.05) is 6.54 Å². The minimum absolute atomic E-state index is 0.00627. The van der Waals surface area contributed by atoms with Crippen molar-refractivity contribution in [1.82, 2.24) is 20.4 Å². The van der Waals surface area contributed by atoms with Crippen LogP contribution in [0.2, 0.25) is 0 Å². The molecule has 0 aliphatic carbocycles. The Bertz CT molecular complexity index is 654. The largest absolute Gasteiger partial charge is 0.480 e. The minimum Gasteiger partial charge on any atom is -0.480 e. The van der Waals surface area contributed by atoms with Gasteiger partial charge < -0.3 is 14.9 Å². The van der Waals surface area contributed by atoms with Crippen LogP contribution in [-0.2, 0) is 16.1 Å². The number of hydrogen-bond acceptors (Lipinski definition) is 7. The van der Waals surface area contributed by atoms with E-state index in [4.69, 9.17) is 4.52 Å². The SMILES string of the molecule is O=C1CN(Cc2nc(-c3cccs3)no2)C(C(=O)O)CN1. The molecular formula is C12H12N4O4S. The molecule has 1 unspecified atom stereocenters. The molecule has 2 aromatic rings. The highest BCUT2D eigenvalue weighted by atomic mass is 32.1. The van der Waals surface area contributed by atoms with Crippen LogP contribution in [0.4, 0.5) is 0 Å². The summed E-state index contributed by atoms with van der Waals surface area (Å²) in [5.41, 5.74) is 0. The molecule has 0 radical (unpaired) electrons. The van der Waals surface area contributed by atoms with Gasteiger partial charge in [0.25, 0.3) is 0 Å². The summed E-state index contributed by atoms with van der Waals surface area (Å²) in [6.07, 6.45) is 0. The van der Waals surface area contributed by atoms with E-state index in [2.05, 4.69) is 15.5 Å². The Hall–Kier alpha value is -2.26. The standard InChI is InChI=1S/C12H12N4O4S/c17-9-5-16(7(4-13-9)12(18)19)6-10-14-11(15-20-10)8-2-1-3-21-8/h1-3,7H,4-6H2,(H,13,17)(H,18,19). The van der Waals surface area contributed by atoms with Gasteiger partial charge in [0.2, 0.25) is 17.6 Å². The molecule has 1 aliphatic heterocycles. The number of rotatable bonds is 4. The zero-order valence-electron chi connectivity index (χ0n) is 10.9. The number of nitrogens with one attached hydrogen (secondary N) is 1. The fraction of sp³-hybridized carbons (Fsp3) is 0.333. The van der Waals surface area contributed by atoms with Gasteiger partial charge in [-0.05, 0) is 11.4 Å². The number of aromatic nitrogens is 2. The molecule has 1 saturated heterocycles. The van der Waals surface area contributed by atoms with Gasteiger partial charge >= 0.3 is 5.97 Å². The summed E-state index contributed by atoms with van der Waals surface area (Å²) in [5.74, 6) is -0.453. The summed E-state index contributed by atoms with van der Waals surface area (Å²) < 4.78 is 5.13. The molecule has 0 aromatic carbocycles. The quantitative estimate of drug-likeness (QED) is 0.829. The number of carbonyl (C=O) groups is 2. The molecule has 3 rings (SSSR count). The summed E-state index contributed by atoms with van der Waals surface area (Å²) in [7, 11) is 0. The van der Waals surface area contributed by atoms with E-state index in [1.54, 1.807) is 0 Å². The molecular weight excluding hydrogens is 296 g/mol. The molecule has 1 fully saturated rings. The van der Waals surface area contributed by atoms with Crippen molar-refractivity contribution in [2.24, 2.45) is 0 Å². The zero-order chi connectivity index (χ0) is 14.8. The highest BCUT2D eigenvalue weighted by Crippen LogP contribution is 2.22. The average molecular weight is 308 g/mol. The highest BCUT2D eigenvalue weighted by molar-refractivity contribution is 7.13. The lowest BCUT2D eigenvalue weighted by atomic mass is 10.2. The van der Waals surface area contributed by atoms with E-state index in [9.17, 15) is 14.7 Å². The first-order chi connectivity index (χ1) is 10.1. The van der Waals surface area contributed by atoms with Crippen molar-refractivity contribution in [3.63, 3.8) is 0 Å². The molecule has 0 bridgehead atoms. The number of carboxylic acids is 1. The number of aliphatic carboxylic acids is 1. The van der Waals surface area contributed by atoms with Crippen molar-refractivity contribution in [2.45, 2.75) is 12.6 Å². The van der Waals surface area contributed by atoms with Gasteiger partial charge in [-0.2, -0.15) is 4.98 Å². The van der Waals surface area contributed by atoms with E-state index in [1.165, 1.54) is 16.2 Å². The lowest BCUT2D eigenvalue weighted by molar-refractivity contribution is -0.146. The molecule has 1 atom stereocenters. The number of carbonyl (C=O) groups excluding carboxylic acids is 1. The first-order valence-electron chi connectivity index (χ1n) is 6.23. The minimum atomic E-state index is -0.993. The van der Waals surface area contributed by atoms with E-state index in [0.717, 1.165) is 4.88 Å². The molecule has 2 aromatic heterocycles. The lowest BCUT2D eigenvalue weighted by Crippen LogP contribution is -2.56. The maximum absolute atomic E-state index is 11.4. The first-order valence-corrected chi connectivity index (χ1v) is 7.11. The zero-order valence-corrected chi connectivity index (χ0v) is 11.7. The van der Waals surface area contributed by atoms with Gasteiger partial charge in [0.1, 0.15) is 6.04 Å². The Morgan fingerprint density at radius 1 is 1.62 bits per heavy atom. The van der Waals surface area contributed by atoms with Crippen molar-refractivity contribution >= 4 is 23.2 Å². The number of piperazine rings is 1. The van der Waals surface area contributed by atoms with Gasteiger partial charge in [-0.3, -0.25) is 14.5 Å². The normalized spacial score (nSPS) is 19.4. The van der Waals surface area contributed by atoms with Crippen LogP contribution in [0, 0.1) is 0 Å². The van der Waals surface area contributed by atoms with Gasteiger partial charge in [-0.15, -0.1) is 11.3 Å². The van der Waals surface area contributed by atoms with E-state index in [1.807, 2.05) is 17.5 Å². The average Bonchev–Trinajstić information content (AvgIpc) is 3.08. The monoisotopic (exact) mass is 308 g/mol. The second kappa shape index (κ2) is 5.62. The number of thiophene rings is 1.